The van der Waals surface area contributed by atoms with E-state index in [0.717, 1.165) is 18.8 Å². The number of imidazole rings is 1. The van der Waals surface area contributed by atoms with Crippen molar-refractivity contribution in [1.82, 2.24) is 20.2 Å². The number of hydrogen-bond acceptors (Lipinski definition) is 3. The average Bonchev–Trinajstić information content (AvgIpc) is 2.81. The van der Waals surface area contributed by atoms with Crippen LogP contribution in [0.3, 0.4) is 0 Å². The molecule has 0 aliphatic rings. The molecule has 2 amide bonds. The number of nitrogens with one attached hydrogen (secondary N) is 2. The number of amides is 2. The van der Waals surface area contributed by atoms with Crippen molar-refractivity contribution in [3.63, 3.8) is 0 Å². The Morgan fingerprint density at radius 1 is 1.33 bits per heavy atom. The van der Waals surface area contributed by atoms with E-state index in [1.165, 1.54) is 0 Å². The zero-order valence-electron chi connectivity index (χ0n) is 13.5. The average molecular weight is 296 g/mol. The van der Waals surface area contributed by atoms with Gasteiger partial charge in [0.2, 0.25) is 0 Å². The van der Waals surface area contributed by atoms with Gasteiger partial charge in [-0.2, -0.15) is 0 Å². The number of rotatable bonds is 8. The van der Waals surface area contributed by atoms with E-state index >= 15 is 0 Å². The molecular weight excluding hydrogens is 268 g/mol. The first-order chi connectivity index (χ1) is 9.92. The van der Waals surface area contributed by atoms with Crippen LogP contribution in [0.5, 0.6) is 0 Å². The summed E-state index contributed by atoms with van der Waals surface area (Å²) in [6.45, 7) is 9.61. The second kappa shape index (κ2) is 8.67. The Bertz CT molecular complexity index is 429. The summed E-state index contributed by atoms with van der Waals surface area (Å²) in [6, 6.07) is -0.478. The van der Waals surface area contributed by atoms with E-state index in [0.29, 0.717) is 18.4 Å². The van der Waals surface area contributed by atoms with Crippen LogP contribution in [0.25, 0.3) is 0 Å². The van der Waals surface area contributed by atoms with Crippen LogP contribution < -0.4 is 10.6 Å². The standard InChI is InChI=1S/C15H28N4O2/c1-11(2)7-13(10-20)18-15(21)17-8-14-16-5-6-19(14)9-12(3)4/h5-6,11-13,20H,7-10H2,1-4H3,(H2,17,18,21). The van der Waals surface area contributed by atoms with E-state index in [1.54, 1.807) is 6.20 Å². The molecule has 3 N–H and O–H groups in total. The third-order valence-electron chi connectivity index (χ3n) is 3.08. The molecule has 1 aromatic rings. The minimum Gasteiger partial charge on any atom is -0.394 e. The third kappa shape index (κ3) is 6.62. The van der Waals surface area contributed by atoms with Crippen LogP contribution >= 0.6 is 0 Å². The molecule has 6 heteroatoms. The molecule has 21 heavy (non-hydrogen) atoms. The van der Waals surface area contributed by atoms with Crippen LogP contribution in [0.1, 0.15) is 39.9 Å². The lowest BCUT2D eigenvalue weighted by atomic mass is 10.0. The van der Waals surface area contributed by atoms with Crippen molar-refractivity contribution in [3.8, 4) is 0 Å². The highest BCUT2D eigenvalue weighted by atomic mass is 16.3. The number of nitrogens with zero attached hydrogens (tertiary/aromatic N) is 2. The van der Waals surface area contributed by atoms with Crippen molar-refractivity contribution in [3.05, 3.63) is 18.2 Å². The summed E-state index contributed by atoms with van der Waals surface area (Å²) >= 11 is 0. The quantitative estimate of drug-likeness (QED) is 0.684. The Morgan fingerprint density at radius 3 is 2.62 bits per heavy atom. The third-order valence-corrected chi connectivity index (χ3v) is 3.08. The molecular formula is C15H28N4O2. The van der Waals surface area contributed by atoms with Crippen molar-refractivity contribution < 1.29 is 9.90 Å². The van der Waals surface area contributed by atoms with Crippen molar-refractivity contribution in [2.75, 3.05) is 6.61 Å². The van der Waals surface area contributed by atoms with Gasteiger partial charge in [0.1, 0.15) is 5.82 Å². The summed E-state index contributed by atoms with van der Waals surface area (Å²) in [5.74, 6) is 1.78. The number of aromatic nitrogens is 2. The molecule has 0 aromatic carbocycles. The van der Waals surface area contributed by atoms with E-state index in [9.17, 15) is 9.90 Å². The predicted molar refractivity (Wildman–Crippen MR) is 82.8 cm³/mol. The number of hydrogen-bond donors (Lipinski definition) is 3. The summed E-state index contributed by atoms with van der Waals surface area (Å²) in [5.41, 5.74) is 0. The SMILES string of the molecule is CC(C)CC(CO)NC(=O)NCc1nccn1CC(C)C. The topological polar surface area (TPSA) is 79.2 Å². The van der Waals surface area contributed by atoms with Gasteiger partial charge in [0.15, 0.2) is 0 Å². The maximum Gasteiger partial charge on any atom is 0.315 e. The van der Waals surface area contributed by atoms with E-state index in [-0.39, 0.29) is 18.7 Å². The van der Waals surface area contributed by atoms with Gasteiger partial charge in [0.25, 0.3) is 0 Å². The van der Waals surface area contributed by atoms with E-state index < -0.39 is 0 Å². The molecule has 0 aliphatic heterocycles. The minimum absolute atomic E-state index is 0.0480. The van der Waals surface area contributed by atoms with E-state index in [4.69, 9.17) is 0 Å². The van der Waals surface area contributed by atoms with Crippen LogP contribution in [-0.4, -0.2) is 33.3 Å². The normalized spacial score (nSPS) is 12.7. The Kier molecular flexibility index (Phi) is 7.22. The fraction of sp³-hybridized carbons (Fsp3) is 0.733. The summed E-state index contributed by atoms with van der Waals surface area (Å²) in [4.78, 5) is 16.1. The second-order valence-electron chi connectivity index (χ2n) is 6.23. The highest BCUT2D eigenvalue weighted by molar-refractivity contribution is 5.74. The van der Waals surface area contributed by atoms with Crippen molar-refractivity contribution in [2.45, 2.75) is 53.2 Å². The van der Waals surface area contributed by atoms with Crippen LogP contribution in [0.4, 0.5) is 4.79 Å². The van der Waals surface area contributed by atoms with Gasteiger partial charge in [-0.1, -0.05) is 27.7 Å². The zero-order valence-corrected chi connectivity index (χ0v) is 13.5. The summed E-state index contributed by atoms with van der Waals surface area (Å²) in [6.07, 6.45) is 4.42. The van der Waals surface area contributed by atoms with Crippen LogP contribution in [0.15, 0.2) is 12.4 Å². The molecule has 1 heterocycles. The van der Waals surface area contributed by atoms with Crippen molar-refractivity contribution >= 4 is 6.03 Å². The minimum atomic E-state index is -0.270. The van der Waals surface area contributed by atoms with Gasteiger partial charge in [0.05, 0.1) is 19.2 Å². The Morgan fingerprint density at radius 2 is 2.05 bits per heavy atom. The van der Waals surface area contributed by atoms with Gasteiger partial charge in [-0.3, -0.25) is 0 Å². The van der Waals surface area contributed by atoms with Crippen molar-refractivity contribution in [2.24, 2.45) is 11.8 Å². The molecule has 1 rings (SSSR count). The monoisotopic (exact) mass is 296 g/mol. The lowest BCUT2D eigenvalue weighted by Crippen LogP contribution is -2.44. The number of aliphatic hydroxyl groups excluding tert-OH is 1. The number of urea groups is 1. The molecule has 0 aliphatic carbocycles. The number of carbonyl (C=O) groups excluding carboxylic acids is 1. The fourth-order valence-electron chi connectivity index (χ4n) is 2.21. The Balaban J connectivity index is 2.44. The molecule has 1 aromatic heterocycles. The molecule has 0 bridgehead atoms. The van der Waals surface area contributed by atoms with Gasteiger partial charge in [-0.05, 0) is 18.3 Å². The number of carbonyl (C=O) groups is 1. The fourth-order valence-corrected chi connectivity index (χ4v) is 2.21. The highest BCUT2D eigenvalue weighted by Gasteiger charge is 2.13. The molecule has 0 radical (unpaired) electrons. The van der Waals surface area contributed by atoms with E-state index in [1.807, 2.05) is 10.8 Å². The lowest BCUT2D eigenvalue weighted by molar-refractivity contribution is 0.206. The molecule has 0 spiro atoms. The molecule has 1 atom stereocenters. The highest BCUT2D eigenvalue weighted by Crippen LogP contribution is 2.05. The Hall–Kier alpha value is -1.56. The summed E-state index contributed by atoms with van der Waals surface area (Å²) in [7, 11) is 0. The van der Waals surface area contributed by atoms with Crippen molar-refractivity contribution in [1.29, 1.82) is 0 Å². The van der Waals surface area contributed by atoms with E-state index in [2.05, 4.69) is 43.3 Å². The largest absolute Gasteiger partial charge is 0.394 e. The van der Waals surface area contributed by atoms with Gasteiger partial charge in [0, 0.05) is 18.9 Å². The smallest absolute Gasteiger partial charge is 0.315 e. The molecule has 6 nitrogen and oxygen atoms in total. The van der Waals surface area contributed by atoms with Gasteiger partial charge in [-0.25, -0.2) is 9.78 Å². The first-order valence-electron chi connectivity index (χ1n) is 7.57. The first kappa shape index (κ1) is 17.5. The first-order valence-corrected chi connectivity index (χ1v) is 7.57. The predicted octanol–water partition coefficient (Wildman–Crippen LogP) is 1.75. The summed E-state index contributed by atoms with van der Waals surface area (Å²) < 4.78 is 2.04. The van der Waals surface area contributed by atoms with Crippen LogP contribution in [0.2, 0.25) is 0 Å². The van der Waals surface area contributed by atoms with Crippen LogP contribution in [-0.2, 0) is 13.1 Å². The molecule has 0 saturated heterocycles. The maximum atomic E-state index is 11.9. The zero-order chi connectivity index (χ0) is 15.8. The van der Waals surface area contributed by atoms with Gasteiger partial charge in [-0.15, -0.1) is 0 Å². The van der Waals surface area contributed by atoms with Gasteiger partial charge < -0.3 is 20.3 Å². The maximum absolute atomic E-state index is 11.9. The Labute approximate surface area is 127 Å². The molecule has 1 unspecified atom stereocenters. The molecule has 0 saturated carbocycles. The van der Waals surface area contributed by atoms with Crippen LogP contribution in [0, 0.1) is 11.8 Å². The number of aliphatic hydroxyl groups is 1. The molecule has 120 valence electrons. The molecule has 0 fully saturated rings. The summed E-state index contributed by atoms with van der Waals surface area (Å²) in [5, 5.41) is 14.8. The lowest BCUT2D eigenvalue weighted by Gasteiger charge is -2.18. The second-order valence-corrected chi connectivity index (χ2v) is 6.23. The van der Waals surface area contributed by atoms with Gasteiger partial charge >= 0.3 is 6.03 Å².